The number of carbonyl (C=O) groups excluding carboxylic acids is 2. The number of benzene rings is 1. The zero-order valence-electron chi connectivity index (χ0n) is 18.9. The van der Waals surface area contributed by atoms with Crippen LogP contribution in [0.25, 0.3) is 0 Å². The molecule has 1 aromatic heterocycles. The second-order valence-corrected chi connectivity index (χ2v) is 8.90. The van der Waals surface area contributed by atoms with Crippen molar-refractivity contribution in [3.8, 4) is 5.75 Å². The Labute approximate surface area is 211 Å². The zero-order chi connectivity index (χ0) is 24.5. The number of aliphatic hydroxyl groups excluding tert-OH is 2. The first-order chi connectivity index (χ1) is 16.4. The number of ether oxygens (including phenoxy) is 2. The van der Waals surface area contributed by atoms with E-state index in [4.69, 9.17) is 19.0 Å². The summed E-state index contributed by atoms with van der Waals surface area (Å²) >= 11 is 2.13. The Morgan fingerprint density at radius 2 is 2.09 bits per heavy atom. The van der Waals surface area contributed by atoms with Gasteiger partial charge < -0.3 is 34.3 Å². The number of nitrogens with one attached hydrogen (secondary N) is 1. The van der Waals surface area contributed by atoms with Crippen LogP contribution in [0.3, 0.4) is 0 Å². The number of furan rings is 1. The van der Waals surface area contributed by atoms with Gasteiger partial charge in [0.2, 0.25) is 11.8 Å². The highest BCUT2D eigenvalue weighted by Crippen LogP contribution is 2.30. The van der Waals surface area contributed by atoms with E-state index in [0.29, 0.717) is 17.9 Å². The van der Waals surface area contributed by atoms with Crippen LogP contribution in [0.5, 0.6) is 5.75 Å². The van der Waals surface area contributed by atoms with Gasteiger partial charge in [-0.1, -0.05) is 12.1 Å². The first-order valence-electron chi connectivity index (χ1n) is 11.0. The minimum Gasteiger partial charge on any atom is -0.482 e. The van der Waals surface area contributed by atoms with Crippen LogP contribution in [0.15, 0.2) is 58.9 Å². The number of hydrogen-bond acceptors (Lipinski definition) is 7. The number of rotatable bonds is 11. The summed E-state index contributed by atoms with van der Waals surface area (Å²) in [5.41, 5.74) is 1.11. The monoisotopic (exact) mass is 584 g/mol. The van der Waals surface area contributed by atoms with Crippen LogP contribution in [0.4, 0.5) is 0 Å². The molecule has 3 N–H and O–H groups in total. The van der Waals surface area contributed by atoms with Gasteiger partial charge in [-0.15, -0.1) is 0 Å². The third-order valence-corrected chi connectivity index (χ3v) is 6.29. The normalized spacial score (nSPS) is 19.9. The molecule has 3 unspecified atom stereocenters. The molecule has 3 rings (SSSR count). The predicted octanol–water partition coefficient (Wildman–Crippen LogP) is 1.86. The van der Waals surface area contributed by atoms with Crippen molar-refractivity contribution in [2.75, 3.05) is 26.4 Å². The van der Waals surface area contributed by atoms with Gasteiger partial charge in [-0.3, -0.25) is 9.59 Å². The van der Waals surface area contributed by atoms with E-state index >= 15 is 0 Å². The van der Waals surface area contributed by atoms with Crippen LogP contribution >= 0.6 is 22.6 Å². The van der Waals surface area contributed by atoms with Gasteiger partial charge in [0.1, 0.15) is 24.6 Å². The Balaban J connectivity index is 1.93. The van der Waals surface area contributed by atoms with Crippen LogP contribution in [0.2, 0.25) is 0 Å². The van der Waals surface area contributed by atoms with E-state index in [1.54, 1.807) is 25.1 Å². The topological polar surface area (TPSA) is 121 Å². The first kappa shape index (κ1) is 26.2. The summed E-state index contributed by atoms with van der Waals surface area (Å²) in [6.45, 7) is 2.06. The van der Waals surface area contributed by atoms with Crippen molar-refractivity contribution in [3.05, 3.63) is 63.6 Å². The second kappa shape index (κ2) is 12.9. The van der Waals surface area contributed by atoms with Gasteiger partial charge in [0.25, 0.3) is 0 Å². The third kappa shape index (κ3) is 6.81. The Morgan fingerprint density at radius 3 is 2.76 bits per heavy atom. The largest absolute Gasteiger partial charge is 0.482 e. The Hall–Kier alpha value is -2.41. The fourth-order valence-electron chi connectivity index (χ4n) is 3.71. The van der Waals surface area contributed by atoms with E-state index in [2.05, 4.69) is 27.9 Å². The maximum absolute atomic E-state index is 13.1. The summed E-state index contributed by atoms with van der Waals surface area (Å²) in [6.07, 6.45) is 2.75. The molecule has 3 atom stereocenters. The Kier molecular flexibility index (Phi) is 9.93. The fraction of sp³-hybridized carbons (Fsp3) is 0.417. The van der Waals surface area contributed by atoms with Gasteiger partial charge in [-0.25, -0.2) is 0 Å². The molecular weight excluding hydrogens is 555 g/mol. The second-order valence-electron chi connectivity index (χ2n) is 7.74. The van der Waals surface area contributed by atoms with Crippen molar-refractivity contribution < 1.29 is 33.7 Å². The van der Waals surface area contributed by atoms with Crippen molar-refractivity contribution >= 4 is 34.4 Å². The number of aliphatic hydroxyl groups is 2. The van der Waals surface area contributed by atoms with Crippen molar-refractivity contribution in [1.82, 2.24) is 10.2 Å². The van der Waals surface area contributed by atoms with Crippen molar-refractivity contribution in [1.29, 1.82) is 0 Å². The van der Waals surface area contributed by atoms with Gasteiger partial charge in [-0.05, 0) is 53.8 Å². The minimum absolute atomic E-state index is 0.0908. The van der Waals surface area contributed by atoms with Crippen molar-refractivity contribution in [2.45, 2.75) is 38.1 Å². The molecule has 1 heterocycles. The molecule has 0 bridgehead atoms. The molecule has 10 heteroatoms. The molecule has 2 aromatic rings. The average Bonchev–Trinajstić information content (AvgIpc) is 3.35. The lowest BCUT2D eigenvalue weighted by molar-refractivity contribution is -0.144. The van der Waals surface area contributed by atoms with Gasteiger partial charge in [0, 0.05) is 37.3 Å². The quantitative estimate of drug-likeness (QED) is 0.345. The van der Waals surface area contributed by atoms with E-state index < -0.39 is 18.2 Å². The van der Waals surface area contributed by atoms with Crippen LogP contribution in [-0.2, 0) is 20.9 Å². The average molecular weight is 584 g/mol. The summed E-state index contributed by atoms with van der Waals surface area (Å²) in [4.78, 5) is 27.4. The first-order valence-corrected chi connectivity index (χ1v) is 12.1. The summed E-state index contributed by atoms with van der Waals surface area (Å²) in [5, 5.41) is 23.1. The van der Waals surface area contributed by atoms with Gasteiger partial charge >= 0.3 is 0 Å². The van der Waals surface area contributed by atoms with Crippen LogP contribution in [0.1, 0.15) is 18.9 Å². The Bertz CT molecular complexity index is 979. The molecule has 0 saturated heterocycles. The number of para-hydroxylation sites is 1. The Morgan fingerprint density at radius 1 is 1.29 bits per heavy atom. The lowest BCUT2D eigenvalue weighted by Gasteiger charge is -2.40. The summed E-state index contributed by atoms with van der Waals surface area (Å²) in [6, 6.07) is 8.32. The van der Waals surface area contributed by atoms with E-state index in [0.717, 1.165) is 9.13 Å². The maximum Gasteiger partial charge on any atom is 0.249 e. The smallest absolute Gasteiger partial charge is 0.249 e. The molecule has 0 spiro atoms. The summed E-state index contributed by atoms with van der Waals surface area (Å²) in [5.74, 6) is -0.152. The van der Waals surface area contributed by atoms with Crippen LogP contribution < -0.4 is 10.1 Å². The lowest BCUT2D eigenvalue weighted by atomic mass is 9.88. The molecule has 184 valence electrons. The van der Waals surface area contributed by atoms with E-state index in [9.17, 15) is 14.7 Å². The third-order valence-electron chi connectivity index (χ3n) is 5.40. The number of hydrogen-bond donors (Lipinski definition) is 3. The molecule has 1 aromatic carbocycles. The van der Waals surface area contributed by atoms with E-state index in [1.165, 1.54) is 17.4 Å². The highest BCUT2D eigenvalue weighted by atomic mass is 127. The number of carbonyl (C=O) groups is 2. The predicted molar refractivity (Wildman–Crippen MR) is 132 cm³/mol. The maximum atomic E-state index is 13.1. The highest BCUT2D eigenvalue weighted by molar-refractivity contribution is 14.1. The van der Waals surface area contributed by atoms with Crippen molar-refractivity contribution in [2.24, 2.45) is 0 Å². The molecule has 1 aliphatic rings. The lowest BCUT2D eigenvalue weighted by Crippen LogP contribution is -2.55. The molecule has 0 radical (unpaired) electrons. The molecule has 0 fully saturated rings. The minimum atomic E-state index is -1.11. The molecule has 0 aliphatic heterocycles. The standard InChI is InChI=1S/C24H29IN2O7/c1-2-32-15-22(29)27(13-16-7-10-33-14-16)19-11-17(24(31)26-8-9-28)12-21(23(19)30)34-20-6-4-3-5-18(20)25/h3-7,10,12,14,19,21,23,28,30H,2,8-9,11,13,15H2,1H3,(H,26,31). The highest BCUT2D eigenvalue weighted by Gasteiger charge is 2.40. The molecule has 9 nitrogen and oxygen atoms in total. The number of nitrogens with zero attached hydrogens (tertiary/aromatic N) is 1. The summed E-state index contributed by atoms with van der Waals surface area (Å²) in [7, 11) is 0. The van der Waals surface area contributed by atoms with E-state index in [1.807, 2.05) is 18.2 Å². The van der Waals surface area contributed by atoms with Crippen LogP contribution in [0, 0.1) is 3.57 Å². The fourth-order valence-corrected chi connectivity index (χ4v) is 4.22. The van der Waals surface area contributed by atoms with E-state index in [-0.39, 0.29) is 44.5 Å². The molecule has 34 heavy (non-hydrogen) atoms. The molecule has 2 amide bonds. The SMILES string of the molecule is CCOCC(=O)N(Cc1ccoc1)C1CC(C(=O)NCCO)=CC(Oc2ccccc2I)C1O. The number of amides is 2. The van der Waals surface area contributed by atoms with Crippen LogP contribution in [-0.4, -0.2) is 71.5 Å². The van der Waals surface area contributed by atoms with Gasteiger partial charge in [0.05, 0.1) is 28.7 Å². The van der Waals surface area contributed by atoms with Gasteiger partial charge in [0.15, 0.2) is 0 Å². The summed E-state index contributed by atoms with van der Waals surface area (Å²) < 4.78 is 17.4. The van der Waals surface area contributed by atoms with Crippen molar-refractivity contribution in [3.63, 3.8) is 0 Å². The molecule has 1 aliphatic carbocycles. The number of halogens is 1. The van der Waals surface area contributed by atoms with Gasteiger partial charge in [-0.2, -0.15) is 0 Å². The molecule has 0 saturated carbocycles. The molecular formula is C24H29IN2O7. The zero-order valence-corrected chi connectivity index (χ0v) is 21.0.